The molecule has 0 radical (unpaired) electrons. The van der Waals surface area contributed by atoms with E-state index in [0.717, 1.165) is 5.69 Å². The summed E-state index contributed by atoms with van der Waals surface area (Å²) in [6, 6.07) is 7.38. The fraction of sp³-hybridized carbons (Fsp3) is 0.333. The van der Waals surface area contributed by atoms with Crippen LogP contribution in [0, 0.1) is 0 Å². The minimum absolute atomic E-state index is 0.00366. The van der Waals surface area contributed by atoms with Crippen LogP contribution in [-0.4, -0.2) is 17.7 Å². The van der Waals surface area contributed by atoms with Gasteiger partial charge >= 0.3 is 0 Å². The van der Waals surface area contributed by atoms with Crippen molar-refractivity contribution in [3.8, 4) is 0 Å². The van der Waals surface area contributed by atoms with Crippen molar-refractivity contribution < 1.29 is 9.59 Å². The van der Waals surface area contributed by atoms with E-state index in [-0.39, 0.29) is 17.7 Å². The Hall–Kier alpha value is -1.84. The molecule has 1 amide bonds. The minimum Gasteiger partial charge on any atom is -0.294 e. The normalized spacial score (nSPS) is 19.8. The molecule has 1 aromatic carbocycles. The number of carbonyl (C=O) groups excluding carboxylic acids is 2. The molecule has 1 N–H and O–H groups in total. The molecule has 1 heterocycles. The Bertz CT molecular complexity index is 442. The predicted octanol–water partition coefficient (Wildman–Crippen LogP) is 1.52. The Balaban J connectivity index is 2.40. The van der Waals surface area contributed by atoms with Gasteiger partial charge in [-0.05, 0) is 26.0 Å². The molecular formula is C12H14N2O2. The number of para-hydroxylation sites is 1. The van der Waals surface area contributed by atoms with Gasteiger partial charge < -0.3 is 0 Å². The van der Waals surface area contributed by atoms with E-state index < -0.39 is 0 Å². The Labute approximate surface area is 94.2 Å². The van der Waals surface area contributed by atoms with Crippen molar-refractivity contribution in [1.29, 1.82) is 0 Å². The highest BCUT2D eigenvalue weighted by atomic mass is 16.2. The van der Waals surface area contributed by atoms with Crippen molar-refractivity contribution in [3.05, 3.63) is 29.8 Å². The summed E-state index contributed by atoms with van der Waals surface area (Å²) in [4.78, 5) is 22.8. The lowest BCUT2D eigenvalue weighted by Crippen LogP contribution is -2.38. The van der Waals surface area contributed by atoms with Gasteiger partial charge in [0.2, 0.25) is 5.91 Å². The predicted molar refractivity (Wildman–Crippen MR) is 61.1 cm³/mol. The Kier molecular flexibility index (Phi) is 2.64. The first-order valence-electron chi connectivity index (χ1n) is 5.28. The van der Waals surface area contributed by atoms with Gasteiger partial charge in [-0.15, -0.1) is 0 Å². The summed E-state index contributed by atoms with van der Waals surface area (Å²) in [6.45, 7) is 3.48. The third-order valence-electron chi connectivity index (χ3n) is 2.71. The van der Waals surface area contributed by atoms with Crippen LogP contribution < -0.4 is 10.4 Å². The summed E-state index contributed by atoms with van der Waals surface area (Å²) >= 11 is 0. The average molecular weight is 218 g/mol. The van der Waals surface area contributed by atoms with E-state index in [0.29, 0.717) is 12.0 Å². The van der Waals surface area contributed by atoms with Crippen LogP contribution in [0.4, 0.5) is 5.69 Å². The molecule has 0 saturated carbocycles. The lowest BCUT2D eigenvalue weighted by molar-refractivity contribution is -0.119. The average Bonchev–Trinajstić information content (AvgIpc) is 2.57. The van der Waals surface area contributed by atoms with Crippen LogP contribution >= 0.6 is 0 Å². The minimum atomic E-state index is -0.00847. The molecule has 1 aliphatic heterocycles. The molecule has 0 aromatic heterocycles. The van der Waals surface area contributed by atoms with Crippen molar-refractivity contribution in [2.24, 2.45) is 0 Å². The van der Waals surface area contributed by atoms with E-state index in [1.54, 1.807) is 11.1 Å². The monoisotopic (exact) mass is 218 g/mol. The second-order valence-corrected chi connectivity index (χ2v) is 4.03. The second-order valence-electron chi connectivity index (χ2n) is 4.03. The molecule has 1 aromatic rings. The number of nitrogens with one attached hydrogen (secondary N) is 1. The lowest BCUT2D eigenvalue weighted by atomic mass is 10.1. The SMILES string of the molecule is CC(=O)c1ccccc1N1NC(=O)CC1C. The van der Waals surface area contributed by atoms with Crippen LogP contribution in [0.3, 0.4) is 0 Å². The molecule has 1 atom stereocenters. The maximum atomic E-state index is 11.5. The van der Waals surface area contributed by atoms with E-state index in [1.165, 1.54) is 6.92 Å². The van der Waals surface area contributed by atoms with Crippen molar-refractivity contribution in [2.45, 2.75) is 26.3 Å². The molecule has 0 spiro atoms. The van der Waals surface area contributed by atoms with Gasteiger partial charge in [-0.2, -0.15) is 0 Å². The van der Waals surface area contributed by atoms with Gasteiger partial charge in [0.1, 0.15) is 0 Å². The fourth-order valence-electron chi connectivity index (χ4n) is 1.93. The maximum absolute atomic E-state index is 11.5. The number of ketones is 1. The largest absolute Gasteiger partial charge is 0.294 e. The van der Waals surface area contributed by atoms with Crippen LogP contribution in [0.25, 0.3) is 0 Å². The molecule has 0 bridgehead atoms. The van der Waals surface area contributed by atoms with E-state index in [4.69, 9.17) is 0 Å². The smallest absolute Gasteiger partial charge is 0.240 e. The molecule has 1 unspecified atom stereocenters. The highest BCUT2D eigenvalue weighted by Gasteiger charge is 2.28. The van der Waals surface area contributed by atoms with E-state index in [2.05, 4.69) is 5.43 Å². The molecule has 1 aliphatic rings. The summed E-state index contributed by atoms with van der Waals surface area (Å²) in [5.41, 5.74) is 4.16. The molecule has 1 saturated heterocycles. The van der Waals surface area contributed by atoms with Crippen LogP contribution in [0.5, 0.6) is 0 Å². The third-order valence-corrected chi connectivity index (χ3v) is 2.71. The standard InChI is InChI=1S/C12H14N2O2/c1-8-7-12(16)13-14(8)11-6-4-3-5-10(11)9(2)15/h3-6,8H,7H2,1-2H3,(H,13,16). The van der Waals surface area contributed by atoms with E-state index in [1.807, 2.05) is 25.1 Å². The number of hydrogen-bond acceptors (Lipinski definition) is 3. The Morgan fingerprint density at radius 2 is 2.12 bits per heavy atom. The molecule has 4 nitrogen and oxygen atoms in total. The first kappa shape index (κ1) is 10.7. The van der Waals surface area contributed by atoms with E-state index in [9.17, 15) is 9.59 Å². The Morgan fingerprint density at radius 3 is 2.69 bits per heavy atom. The summed E-state index contributed by atoms with van der Waals surface area (Å²) in [5, 5.41) is 1.76. The van der Waals surface area contributed by atoms with Gasteiger partial charge in [-0.25, -0.2) is 0 Å². The summed E-state index contributed by atoms with van der Waals surface area (Å²) in [6.07, 6.45) is 0.465. The number of anilines is 1. The molecule has 1 fully saturated rings. The molecular weight excluding hydrogens is 204 g/mol. The number of Topliss-reactive ketones (excluding diaryl/α,β-unsaturated/α-hetero) is 1. The van der Waals surface area contributed by atoms with Gasteiger partial charge in [-0.3, -0.25) is 20.0 Å². The third kappa shape index (κ3) is 1.78. The second kappa shape index (κ2) is 3.96. The maximum Gasteiger partial charge on any atom is 0.240 e. The molecule has 4 heteroatoms. The van der Waals surface area contributed by atoms with Gasteiger partial charge in [0.15, 0.2) is 5.78 Å². The number of hydrogen-bond donors (Lipinski definition) is 1. The molecule has 0 aliphatic carbocycles. The number of hydrazine groups is 1. The number of carbonyl (C=O) groups is 2. The van der Waals surface area contributed by atoms with Crippen LogP contribution in [0.1, 0.15) is 30.6 Å². The number of amides is 1. The van der Waals surface area contributed by atoms with Crippen LogP contribution in [0.2, 0.25) is 0 Å². The number of rotatable bonds is 2. The highest BCUT2D eigenvalue weighted by molar-refractivity contribution is 6.00. The molecule has 84 valence electrons. The first-order valence-corrected chi connectivity index (χ1v) is 5.28. The summed E-state index contributed by atoms with van der Waals surface area (Å²) in [7, 11) is 0. The zero-order valence-corrected chi connectivity index (χ0v) is 9.36. The van der Waals surface area contributed by atoms with Gasteiger partial charge in [-0.1, -0.05) is 12.1 Å². The van der Waals surface area contributed by atoms with Crippen LogP contribution in [-0.2, 0) is 4.79 Å². The number of nitrogens with zero attached hydrogens (tertiary/aromatic N) is 1. The Morgan fingerprint density at radius 1 is 1.44 bits per heavy atom. The van der Waals surface area contributed by atoms with E-state index >= 15 is 0 Å². The first-order chi connectivity index (χ1) is 7.59. The number of benzene rings is 1. The summed E-state index contributed by atoms with van der Waals surface area (Å²) < 4.78 is 0. The van der Waals surface area contributed by atoms with Gasteiger partial charge in [0, 0.05) is 5.56 Å². The fourth-order valence-corrected chi connectivity index (χ4v) is 1.93. The van der Waals surface area contributed by atoms with Gasteiger partial charge in [0.05, 0.1) is 18.2 Å². The zero-order chi connectivity index (χ0) is 11.7. The molecule has 16 heavy (non-hydrogen) atoms. The zero-order valence-electron chi connectivity index (χ0n) is 9.36. The summed E-state index contributed by atoms with van der Waals surface area (Å²) in [5.74, 6) is -0.00481. The van der Waals surface area contributed by atoms with Gasteiger partial charge in [0.25, 0.3) is 0 Å². The quantitative estimate of drug-likeness (QED) is 0.766. The highest BCUT2D eigenvalue weighted by Crippen LogP contribution is 2.24. The van der Waals surface area contributed by atoms with Crippen molar-refractivity contribution in [3.63, 3.8) is 0 Å². The van der Waals surface area contributed by atoms with Crippen molar-refractivity contribution in [2.75, 3.05) is 5.01 Å². The molecule has 2 rings (SSSR count). The van der Waals surface area contributed by atoms with Crippen LogP contribution in [0.15, 0.2) is 24.3 Å². The lowest BCUT2D eigenvalue weighted by Gasteiger charge is -2.24. The van der Waals surface area contributed by atoms with Crippen molar-refractivity contribution in [1.82, 2.24) is 5.43 Å². The van der Waals surface area contributed by atoms with Crippen molar-refractivity contribution >= 4 is 17.4 Å². The topological polar surface area (TPSA) is 49.4 Å².